The fourth-order valence-electron chi connectivity index (χ4n) is 1.62. The molecule has 0 aliphatic heterocycles. The van der Waals surface area contributed by atoms with Gasteiger partial charge in [0, 0.05) is 12.0 Å². The van der Waals surface area contributed by atoms with Crippen LogP contribution in [-0.4, -0.2) is 12.4 Å². The topological polar surface area (TPSA) is 26.3 Å². The van der Waals surface area contributed by atoms with Crippen molar-refractivity contribution < 1.29 is 18.3 Å². The normalized spacial score (nSPS) is 10.2. The summed E-state index contributed by atoms with van der Waals surface area (Å²) >= 11 is 0. The summed E-state index contributed by atoms with van der Waals surface area (Å²) in [7, 11) is 0. The predicted octanol–water partition coefficient (Wildman–Crippen LogP) is 3.62. The van der Waals surface area contributed by atoms with E-state index in [4.69, 9.17) is 4.74 Å². The van der Waals surface area contributed by atoms with Gasteiger partial charge in [0.15, 0.2) is 17.3 Å². The van der Waals surface area contributed by atoms with Crippen molar-refractivity contribution in [2.24, 2.45) is 0 Å². The van der Waals surface area contributed by atoms with E-state index < -0.39 is 11.6 Å². The molecule has 0 aliphatic carbocycles. The Morgan fingerprint density at radius 3 is 2.47 bits per heavy atom. The number of carbonyl (C=O) groups excluding carboxylic acids is 1. The minimum atomic E-state index is -1.03. The van der Waals surface area contributed by atoms with Crippen LogP contribution in [0, 0.1) is 11.6 Å². The van der Waals surface area contributed by atoms with Crippen LogP contribution < -0.4 is 4.74 Å². The number of benzene rings is 2. The molecule has 0 amide bonds. The maximum Gasteiger partial charge on any atom is 0.200 e. The summed E-state index contributed by atoms with van der Waals surface area (Å²) in [6.45, 7) is 0.00804. The maximum atomic E-state index is 13.3. The average Bonchev–Trinajstić information content (AvgIpc) is 2.44. The molecule has 0 saturated carbocycles. The SMILES string of the molecule is O=C(CCOc1cccc(F)c1F)c1ccccc1. The summed E-state index contributed by atoms with van der Waals surface area (Å²) in [4.78, 5) is 11.7. The van der Waals surface area contributed by atoms with Crippen molar-refractivity contribution in [2.45, 2.75) is 6.42 Å². The number of Topliss-reactive ketones (excluding diaryl/α,β-unsaturated/α-hetero) is 1. The van der Waals surface area contributed by atoms with E-state index in [1.165, 1.54) is 12.1 Å². The minimum absolute atomic E-state index is 0.00804. The zero-order chi connectivity index (χ0) is 13.7. The molecule has 0 radical (unpaired) electrons. The smallest absolute Gasteiger partial charge is 0.200 e. The van der Waals surface area contributed by atoms with E-state index in [0.29, 0.717) is 5.56 Å². The van der Waals surface area contributed by atoms with Gasteiger partial charge in [0.2, 0.25) is 5.82 Å². The lowest BCUT2D eigenvalue weighted by atomic mass is 10.1. The Balaban J connectivity index is 1.90. The highest BCUT2D eigenvalue weighted by Crippen LogP contribution is 2.19. The van der Waals surface area contributed by atoms with E-state index in [0.717, 1.165) is 6.07 Å². The van der Waals surface area contributed by atoms with Gasteiger partial charge in [0.1, 0.15) is 0 Å². The van der Waals surface area contributed by atoms with E-state index in [2.05, 4.69) is 0 Å². The number of ether oxygens (including phenoxy) is 1. The fourth-order valence-corrected chi connectivity index (χ4v) is 1.62. The second kappa shape index (κ2) is 6.09. The lowest BCUT2D eigenvalue weighted by molar-refractivity contribution is 0.0961. The third kappa shape index (κ3) is 3.37. The van der Waals surface area contributed by atoms with Crippen molar-refractivity contribution in [3.63, 3.8) is 0 Å². The van der Waals surface area contributed by atoms with Crippen molar-refractivity contribution >= 4 is 5.78 Å². The summed E-state index contributed by atoms with van der Waals surface area (Å²) in [6.07, 6.45) is 0.111. The second-order valence-electron chi connectivity index (χ2n) is 3.94. The number of ketones is 1. The minimum Gasteiger partial charge on any atom is -0.490 e. The average molecular weight is 262 g/mol. The van der Waals surface area contributed by atoms with E-state index >= 15 is 0 Å². The van der Waals surface area contributed by atoms with Gasteiger partial charge in [-0.2, -0.15) is 4.39 Å². The van der Waals surface area contributed by atoms with Crippen molar-refractivity contribution in [1.29, 1.82) is 0 Å². The molecule has 2 aromatic rings. The Bertz CT molecular complexity index is 568. The Hall–Kier alpha value is -2.23. The van der Waals surface area contributed by atoms with Crippen LogP contribution in [0.5, 0.6) is 5.75 Å². The predicted molar refractivity (Wildman–Crippen MR) is 67.2 cm³/mol. The van der Waals surface area contributed by atoms with Crippen molar-refractivity contribution in [2.75, 3.05) is 6.61 Å². The van der Waals surface area contributed by atoms with Crippen LogP contribution in [-0.2, 0) is 0 Å². The maximum absolute atomic E-state index is 13.3. The number of halogens is 2. The fraction of sp³-hybridized carbons (Fsp3) is 0.133. The van der Waals surface area contributed by atoms with Gasteiger partial charge in [-0.05, 0) is 12.1 Å². The van der Waals surface area contributed by atoms with E-state index in [1.807, 2.05) is 6.07 Å². The first-order valence-corrected chi connectivity index (χ1v) is 5.83. The van der Waals surface area contributed by atoms with Gasteiger partial charge < -0.3 is 4.74 Å². The first-order valence-electron chi connectivity index (χ1n) is 5.83. The molecule has 19 heavy (non-hydrogen) atoms. The van der Waals surface area contributed by atoms with Gasteiger partial charge in [-0.1, -0.05) is 36.4 Å². The van der Waals surface area contributed by atoms with E-state index in [-0.39, 0.29) is 24.6 Å². The molecule has 0 saturated heterocycles. The summed E-state index contributed by atoms with van der Waals surface area (Å²) in [5.74, 6) is -2.28. The van der Waals surface area contributed by atoms with E-state index in [1.54, 1.807) is 24.3 Å². The van der Waals surface area contributed by atoms with Crippen LogP contribution in [0.4, 0.5) is 8.78 Å². The lowest BCUT2D eigenvalue weighted by Crippen LogP contribution is -2.07. The lowest BCUT2D eigenvalue weighted by Gasteiger charge is -2.07. The number of rotatable bonds is 5. The first-order chi connectivity index (χ1) is 9.18. The van der Waals surface area contributed by atoms with Crippen LogP contribution in [0.2, 0.25) is 0 Å². The van der Waals surface area contributed by atoms with Crippen molar-refractivity contribution in [3.05, 3.63) is 65.7 Å². The molecule has 0 N–H and O–H groups in total. The van der Waals surface area contributed by atoms with Crippen molar-refractivity contribution in [1.82, 2.24) is 0 Å². The standard InChI is InChI=1S/C15H12F2O2/c16-12-7-4-8-14(15(12)17)19-10-9-13(18)11-5-2-1-3-6-11/h1-8H,9-10H2. The van der Waals surface area contributed by atoms with Gasteiger partial charge in [-0.3, -0.25) is 4.79 Å². The molecular weight excluding hydrogens is 250 g/mol. The highest BCUT2D eigenvalue weighted by atomic mass is 19.2. The monoisotopic (exact) mass is 262 g/mol. The zero-order valence-electron chi connectivity index (χ0n) is 10.1. The highest BCUT2D eigenvalue weighted by molar-refractivity contribution is 5.96. The van der Waals surface area contributed by atoms with Crippen LogP contribution in [0.15, 0.2) is 48.5 Å². The molecule has 0 unspecified atom stereocenters. The third-order valence-corrected chi connectivity index (χ3v) is 2.60. The Morgan fingerprint density at radius 1 is 1.00 bits per heavy atom. The Labute approximate surface area is 109 Å². The van der Waals surface area contributed by atoms with Crippen LogP contribution in [0.3, 0.4) is 0 Å². The number of hydrogen-bond donors (Lipinski definition) is 0. The van der Waals surface area contributed by atoms with Crippen molar-refractivity contribution in [3.8, 4) is 5.75 Å². The molecule has 0 aliphatic rings. The summed E-state index contributed by atoms with van der Waals surface area (Å²) in [6, 6.07) is 12.4. The van der Waals surface area contributed by atoms with Crippen LogP contribution in [0.1, 0.15) is 16.8 Å². The summed E-state index contributed by atoms with van der Waals surface area (Å²) in [5.41, 5.74) is 0.575. The van der Waals surface area contributed by atoms with Gasteiger partial charge in [-0.25, -0.2) is 4.39 Å². The van der Waals surface area contributed by atoms with Gasteiger partial charge in [-0.15, -0.1) is 0 Å². The third-order valence-electron chi connectivity index (χ3n) is 2.60. The van der Waals surface area contributed by atoms with Crippen LogP contribution in [0.25, 0.3) is 0 Å². The summed E-state index contributed by atoms with van der Waals surface area (Å²) < 4.78 is 31.2. The quantitative estimate of drug-likeness (QED) is 0.769. The highest BCUT2D eigenvalue weighted by Gasteiger charge is 2.10. The first kappa shape index (κ1) is 13.2. The molecular formula is C15H12F2O2. The van der Waals surface area contributed by atoms with Gasteiger partial charge in [0.05, 0.1) is 6.61 Å². The van der Waals surface area contributed by atoms with Gasteiger partial charge in [0.25, 0.3) is 0 Å². The van der Waals surface area contributed by atoms with Crippen LogP contribution >= 0.6 is 0 Å². The van der Waals surface area contributed by atoms with E-state index in [9.17, 15) is 13.6 Å². The molecule has 0 bridgehead atoms. The second-order valence-corrected chi connectivity index (χ2v) is 3.94. The molecule has 2 nitrogen and oxygen atoms in total. The zero-order valence-corrected chi connectivity index (χ0v) is 10.1. The molecule has 0 heterocycles. The number of hydrogen-bond acceptors (Lipinski definition) is 2. The Kier molecular flexibility index (Phi) is 4.23. The molecule has 0 aromatic heterocycles. The molecule has 98 valence electrons. The molecule has 4 heteroatoms. The Morgan fingerprint density at radius 2 is 1.74 bits per heavy atom. The molecule has 0 fully saturated rings. The van der Waals surface area contributed by atoms with Gasteiger partial charge >= 0.3 is 0 Å². The molecule has 0 spiro atoms. The molecule has 2 aromatic carbocycles. The molecule has 0 atom stereocenters. The number of carbonyl (C=O) groups is 1. The largest absolute Gasteiger partial charge is 0.490 e. The molecule has 2 rings (SSSR count). The summed E-state index contributed by atoms with van der Waals surface area (Å²) in [5, 5.41) is 0.